The van der Waals surface area contributed by atoms with E-state index in [0.717, 1.165) is 22.6 Å². The third-order valence-electron chi connectivity index (χ3n) is 3.17. The lowest BCUT2D eigenvalue weighted by Crippen LogP contribution is -2.20. The molecule has 0 bridgehead atoms. The van der Waals surface area contributed by atoms with Crippen LogP contribution in [-0.4, -0.2) is 19.1 Å². The maximum absolute atomic E-state index is 12.0. The van der Waals surface area contributed by atoms with Gasteiger partial charge in [-0.3, -0.25) is 4.79 Å². The molecule has 2 aromatic rings. The zero-order chi connectivity index (χ0) is 15.9. The topological polar surface area (TPSA) is 47.6 Å². The van der Waals surface area contributed by atoms with Crippen molar-refractivity contribution in [1.82, 2.24) is 0 Å². The van der Waals surface area contributed by atoms with Gasteiger partial charge in [0.2, 0.25) is 0 Å². The van der Waals surface area contributed by atoms with Gasteiger partial charge in [-0.15, -0.1) is 0 Å². The number of rotatable bonds is 6. The third kappa shape index (κ3) is 4.52. The van der Waals surface area contributed by atoms with E-state index in [9.17, 15) is 4.79 Å². The fourth-order valence-corrected chi connectivity index (χ4v) is 2.00. The molecule has 0 heterocycles. The molecule has 1 N–H and O–H groups in total. The Morgan fingerprint density at radius 1 is 1.00 bits per heavy atom. The lowest BCUT2D eigenvalue weighted by molar-refractivity contribution is -0.118. The maximum atomic E-state index is 12.0. The highest BCUT2D eigenvalue weighted by Gasteiger charge is 2.06. The molecule has 4 heteroatoms. The quantitative estimate of drug-likeness (QED) is 0.884. The summed E-state index contributed by atoms with van der Waals surface area (Å²) in [6, 6.07) is 13.2. The molecule has 2 rings (SSSR count). The van der Waals surface area contributed by atoms with Crippen molar-refractivity contribution < 1.29 is 14.3 Å². The van der Waals surface area contributed by atoms with Gasteiger partial charge in [0.15, 0.2) is 6.61 Å². The lowest BCUT2D eigenvalue weighted by Gasteiger charge is -2.11. The fourth-order valence-electron chi connectivity index (χ4n) is 2.00. The van der Waals surface area contributed by atoms with Crippen molar-refractivity contribution >= 4 is 11.6 Å². The summed E-state index contributed by atoms with van der Waals surface area (Å²) in [6.07, 6.45) is 0. The van der Waals surface area contributed by atoms with E-state index in [1.54, 1.807) is 12.1 Å². The maximum Gasteiger partial charge on any atom is 0.262 e. The lowest BCUT2D eigenvalue weighted by atomic mass is 10.1. The fraction of sp³-hybridized carbons (Fsp3) is 0.278. The summed E-state index contributed by atoms with van der Waals surface area (Å²) >= 11 is 0. The second-order valence-electron chi connectivity index (χ2n) is 5.06. The molecule has 0 radical (unpaired) electrons. The van der Waals surface area contributed by atoms with Gasteiger partial charge in [-0.1, -0.05) is 12.1 Å². The molecule has 0 saturated carbocycles. The Morgan fingerprint density at radius 2 is 1.64 bits per heavy atom. The highest BCUT2D eigenvalue weighted by Crippen LogP contribution is 2.18. The molecule has 0 unspecified atom stereocenters. The molecule has 0 aliphatic rings. The van der Waals surface area contributed by atoms with Gasteiger partial charge in [0, 0.05) is 5.69 Å². The monoisotopic (exact) mass is 299 g/mol. The van der Waals surface area contributed by atoms with E-state index in [4.69, 9.17) is 9.47 Å². The van der Waals surface area contributed by atoms with Crippen LogP contribution in [-0.2, 0) is 4.79 Å². The van der Waals surface area contributed by atoms with Gasteiger partial charge in [-0.05, 0) is 62.2 Å². The number of nitrogens with one attached hydrogen (secondary N) is 1. The molecule has 0 aliphatic heterocycles. The molecule has 0 spiro atoms. The normalized spacial score (nSPS) is 10.1. The number of amides is 1. The van der Waals surface area contributed by atoms with Crippen molar-refractivity contribution in [3.8, 4) is 11.5 Å². The molecule has 0 fully saturated rings. The Bertz CT molecular complexity index is 635. The van der Waals surface area contributed by atoms with E-state index in [0.29, 0.717) is 12.4 Å². The molecule has 0 aliphatic carbocycles. The predicted octanol–water partition coefficient (Wildman–Crippen LogP) is 3.72. The number of carbonyl (C=O) groups is 1. The molecule has 0 aromatic heterocycles. The molecule has 0 saturated heterocycles. The molecular weight excluding hydrogens is 278 g/mol. The van der Waals surface area contributed by atoms with Crippen LogP contribution in [0.1, 0.15) is 18.1 Å². The van der Waals surface area contributed by atoms with E-state index in [1.807, 2.05) is 51.1 Å². The number of anilines is 1. The van der Waals surface area contributed by atoms with Crippen LogP contribution in [0, 0.1) is 13.8 Å². The second-order valence-corrected chi connectivity index (χ2v) is 5.06. The van der Waals surface area contributed by atoms with Crippen molar-refractivity contribution in [2.75, 3.05) is 18.5 Å². The molecule has 116 valence electrons. The van der Waals surface area contributed by atoms with Gasteiger partial charge >= 0.3 is 0 Å². The van der Waals surface area contributed by atoms with Crippen LogP contribution in [0.4, 0.5) is 5.69 Å². The molecule has 2 aromatic carbocycles. The third-order valence-corrected chi connectivity index (χ3v) is 3.17. The Hall–Kier alpha value is -2.49. The van der Waals surface area contributed by atoms with E-state index < -0.39 is 0 Å². The van der Waals surface area contributed by atoms with E-state index in [-0.39, 0.29) is 12.5 Å². The summed E-state index contributed by atoms with van der Waals surface area (Å²) in [4.78, 5) is 12.0. The Labute approximate surface area is 131 Å². The van der Waals surface area contributed by atoms with Crippen LogP contribution < -0.4 is 14.8 Å². The Balaban J connectivity index is 1.88. The first-order valence-corrected chi connectivity index (χ1v) is 7.31. The number of hydrogen-bond acceptors (Lipinski definition) is 3. The zero-order valence-electron chi connectivity index (χ0n) is 13.2. The van der Waals surface area contributed by atoms with Crippen molar-refractivity contribution in [3.05, 3.63) is 53.6 Å². The van der Waals surface area contributed by atoms with Gasteiger partial charge in [0.25, 0.3) is 5.91 Å². The average molecular weight is 299 g/mol. The van der Waals surface area contributed by atoms with Crippen LogP contribution in [0.2, 0.25) is 0 Å². The first kappa shape index (κ1) is 15.9. The van der Waals surface area contributed by atoms with Crippen LogP contribution in [0.3, 0.4) is 0 Å². The van der Waals surface area contributed by atoms with Gasteiger partial charge < -0.3 is 14.8 Å². The number of benzene rings is 2. The van der Waals surface area contributed by atoms with E-state index >= 15 is 0 Å². The number of carbonyl (C=O) groups excluding carboxylic acids is 1. The Kier molecular flexibility index (Phi) is 5.42. The van der Waals surface area contributed by atoms with E-state index in [1.165, 1.54) is 0 Å². The van der Waals surface area contributed by atoms with Gasteiger partial charge in [0.05, 0.1) is 6.61 Å². The largest absolute Gasteiger partial charge is 0.494 e. The molecule has 1 amide bonds. The van der Waals surface area contributed by atoms with Crippen molar-refractivity contribution in [3.63, 3.8) is 0 Å². The summed E-state index contributed by atoms with van der Waals surface area (Å²) in [5, 5.41) is 2.86. The zero-order valence-corrected chi connectivity index (χ0v) is 13.2. The molecule has 0 atom stereocenters. The van der Waals surface area contributed by atoms with Gasteiger partial charge in [0.1, 0.15) is 11.5 Å². The summed E-state index contributed by atoms with van der Waals surface area (Å²) in [5.74, 6) is 1.25. The highest BCUT2D eigenvalue weighted by atomic mass is 16.5. The average Bonchev–Trinajstić information content (AvgIpc) is 2.51. The van der Waals surface area contributed by atoms with Crippen LogP contribution >= 0.6 is 0 Å². The Morgan fingerprint density at radius 3 is 2.27 bits per heavy atom. The minimum atomic E-state index is -0.178. The van der Waals surface area contributed by atoms with Gasteiger partial charge in [-0.2, -0.15) is 0 Å². The van der Waals surface area contributed by atoms with Crippen LogP contribution in [0.5, 0.6) is 11.5 Å². The summed E-state index contributed by atoms with van der Waals surface area (Å²) in [7, 11) is 0. The van der Waals surface area contributed by atoms with E-state index in [2.05, 4.69) is 5.32 Å². The number of aryl methyl sites for hydroxylation is 2. The summed E-state index contributed by atoms with van der Waals surface area (Å²) in [6.45, 7) is 6.48. The minimum absolute atomic E-state index is 0.0264. The molecule has 4 nitrogen and oxygen atoms in total. The highest BCUT2D eigenvalue weighted by molar-refractivity contribution is 5.92. The van der Waals surface area contributed by atoms with Crippen molar-refractivity contribution in [2.45, 2.75) is 20.8 Å². The minimum Gasteiger partial charge on any atom is -0.494 e. The summed E-state index contributed by atoms with van der Waals surface area (Å²) < 4.78 is 10.8. The second kappa shape index (κ2) is 7.50. The molecule has 22 heavy (non-hydrogen) atoms. The number of ether oxygens (including phenoxy) is 2. The van der Waals surface area contributed by atoms with Crippen molar-refractivity contribution in [1.29, 1.82) is 0 Å². The van der Waals surface area contributed by atoms with Gasteiger partial charge in [-0.25, -0.2) is 0 Å². The molecular formula is C18H21NO3. The first-order chi connectivity index (χ1) is 10.6. The first-order valence-electron chi connectivity index (χ1n) is 7.31. The van der Waals surface area contributed by atoms with Crippen molar-refractivity contribution in [2.24, 2.45) is 0 Å². The standard InChI is InChI=1S/C18H21NO3/c1-4-21-15-7-9-16(10-8-15)22-12-18(20)19-17-11-13(2)5-6-14(17)3/h5-11H,4,12H2,1-3H3,(H,19,20). The number of hydrogen-bond donors (Lipinski definition) is 1. The predicted molar refractivity (Wildman–Crippen MR) is 87.7 cm³/mol. The smallest absolute Gasteiger partial charge is 0.262 e. The van der Waals surface area contributed by atoms with Crippen LogP contribution in [0.25, 0.3) is 0 Å². The SMILES string of the molecule is CCOc1ccc(OCC(=O)Nc2cc(C)ccc2C)cc1. The van der Waals surface area contributed by atoms with Crippen LogP contribution in [0.15, 0.2) is 42.5 Å². The summed E-state index contributed by atoms with van der Waals surface area (Å²) in [5.41, 5.74) is 2.95.